The number of nitrogens with one attached hydrogen (secondary N) is 2. The second-order valence-corrected chi connectivity index (χ2v) is 10.2. The summed E-state index contributed by atoms with van der Waals surface area (Å²) in [6, 6.07) is 20.3. The fraction of sp³-hybridized carbons (Fsp3) is 0.233. The van der Waals surface area contributed by atoms with Gasteiger partial charge in [0.25, 0.3) is 5.91 Å². The Labute approximate surface area is 237 Å². The molecule has 0 radical (unpaired) electrons. The minimum atomic E-state index is -0.625. The molecule has 10 heteroatoms. The smallest absolute Gasteiger partial charge is 0.255 e. The summed E-state index contributed by atoms with van der Waals surface area (Å²) in [4.78, 5) is 18.6. The third-order valence-electron chi connectivity index (χ3n) is 6.78. The van der Waals surface area contributed by atoms with Crippen LogP contribution in [0.2, 0.25) is 0 Å². The average Bonchev–Trinajstić information content (AvgIpc) is 3.38. The molecule has 1 atom stereocenters. The lowest BCUT2D eigenvalue weighted by Crippen LogP contribution is -2.31. The number of anilines is 2. The molecule has 5 rings (SSSR count). The zero-order valence-corrected chi connectivity index (χ0v) is 23.8. The van der Waals surface area contributed by atoms with E-state index in [1.807, 2.05) is 37.3 Å². The van der Waals surface area contributed by atoms with E-state index in [-0.39, 0.29) is 5.91 Å². The summed E-state index contributed by atoms with van der Waals surface area (Å²) in [5, 5.41) is 11.8. The van der Waals surface area contributed by atoms with Gasteiger partial charge in [0, 0.05) is 22.7 Å². The van der Waals surface area contributed by atoms with Crippen molar-refractivity contribution in [1.82, 2.24) is 14.8 Å². The van der Waals surface area contributed by atoms with E-state index in [1.54, 1.807) is 62.0 Å². The van der Waals surface area contributed by atoms with Crippen LogP contribution in [0.25, 0.3) is 0 Å². The van der Waals surface area contributed by atoms with Gasteiger partial charge in [0.2, 0.25) is 11.1 Å². The SMILES string of the molecule is COc1ccc(NC(=O)C2=C(C)Nc3nc(SCc4ccccc4C)nn3C2c2cc(OC)ccc2OC)cc1. The fourth-order valence-electron chi connectivity index (χ4n) is 4.61. The first kappa shape index (κ1) is 27.1. The van der Waals surface area contributed by atoms with Crippen LogP contribution in [-0.4, -0.2) is 42.0 Å². The van der Waals surface area contributed by atoms with Crippen LogP contribution in [0.1, 0.15) is 29.7 Å². The molecule has 1 aromatic heterocycles. The monoisotopic (exact) mass is 557 g/mol. The van der Waals surface area contributed by atoms with Crippen LogP contribution >= 0.6 is 11.8 Å². The molecule has 9 nitrogen and oxygen atoms in total. The number of nitrogens with zero attached hydrogens (tertiary/aromatic N) is 3. The summed E-state index contributed by atoms with van der Waals surface area (Å²) < 4.78 is 18.3. The van der Waals surface area contributed by atoms with Gasteiger partial charge >= 0.3 is 0 Å². The number of hydrogen-bond acceptors (Lipinski definition) is 8. The van der Waals surface area contributed by atoms with Gasteiger partial charge in [0.1, 0.15) is 23.3 Å². The molecule has 0 saturated carbocycles. The van der Waals surface area contributed by atoms with Crippen LogP contribution in [0, 0.1) is 6.92 Å². The number of ether oxygens (including phenoxy) is 3. The van der Waals surface area contributed by atoms with Gasteiger partial charge in [0.05, 0.1) is 26.9 Å². The van der Waals surface area contributed by atoms with Gasteiger partial charge in [-0.3, -0.25) is 4.79 Å². The van der Waals surface area contributed by atoms with Crippen LogP contribution in [0.4, 0.5) is 11.6 Å². The van der Waals surface area contributed by atoms with E-state index in [4.69, 9.17) is 24.3 Å². The minimum Gasteiger partial charge on any atom is -0.497 e. The molecular weight excluding hydrogens is 526 g/mol. The Morgan fingerprint density at radius 3 is 2.40 bits per heavy atom. The molecule has 0 aliphatic carbocycles. The van der Waals surface area contributed by atoms with E-state index in [9.17, 15) is 4.79 Å². The maximum Gasteiger partial charge on any atom is 0.255 e. The number of amides is 1. The van der Waals surface area contributed by atoms with Crippen molar-refractivity contribution in [3.8, 4) is 17.2 Å². The maximum absolute atomic E-state index is 13.9. The highest BCUT2D eigenvalue weighted by Gasteiger charge is 2.36. The van der Waals surface area contributed by atoms with Crippen molar-refractivity contribution in [2.45, 2.75) is 30.8 Å². The van der Waals surface area contributed by atoms with E-state index in [0.29, 0.717) is 45.3 Å². The molecule has 0 fully saturated rings. The summed E-state index contributed by atoms with van der Waals surface area (Å²) in [5.74, 6) is 2.93. The highest BCUT2D eigenvalue weighted by molar-refractivity contribution is 7.98. The van der Waals surface area contributed by atoms with Crippen LogP contribution in [0.5, 0.6) is 17.2 Å². The molecule has 0 spiro atoms. The Balaban J connectivity index is 1.54. The van der Waals surface area contributed by atoms with Crippen LogP contribution in [0.15, 0.2) is 83.2 Å². The highest BCUT2D eigenvalue weighted by atomic mass is 32.2. The maximum atomic E-state index is 13.9. The number of methoxy groups -OCH3 is 3. The Bertz CT molecular complexity index is 1560. The quantitative estimate of drug-likeness (QED) is 0.248. The Morgan fingerprint density at radius 2 is 1.70 bits per heavy atom. The van der Waals surface area contributed by atoms with Gasteiger partial charge in [-0.15, -0.1) is 5.10 Å². The lowest BCUT2D eigenvalue weighted by molar-refractivity contribution is -0.113. The van der Waals surface area contributed by atoms with E-state index in [0.717, 1.165) is 11.3 Å². The van der Waals surface area contributed by atoms with Gasteiger partial charge in [0.15, 0.2) is 0 Å². The predicted octanol–water partition coefficient (Wildman–Crippen LogP) is 5.83. The summed E-state index contributed by atoms with van der Waals surface area (Å²) in [6.07, 6.45) is 0. The number of carbonyl (C=O) groups excluding carboxylic acids is 1. The van der Waals surface area contributed by atoms with Crippen molar-refractivity contribution < 1.29 is 19.0 Å². The topological polar surface area (TPSA) is 99.5 Å². The molecule has 2 heterocycles. The second-order valence-electron chi connectivity index (χ2n) is 9.23. The molecule has 1 amide bonds. The number of thioether (sulfide) groups is 1. The summed E-state index contributed by atoms with van der Waals surface area (Å²) in [5.41, 5.74) is 4.94. The Kier molecular flexibility index (Phi) is 7.97. The molecule has 1 unspecified atom stereocenters. The van der Waals surface area contributed by atoms with Crippen molar-refractivity contribution in [1.29, 1.82) is 0 Å². The molecule has 0 bridgehead atoms. The first-order valence-electron chi connectivity index (χ1n) is 12.7. The van der Waals surface area contributed by atoms with Crippen molar-refractivity contribution in [3.05, 3.63) is 94.7 Å². The van der Waals surface area contributed by atoms with Gasteiger partial charge in [-0.2, -0.15) is 4.98 Å². The van der Waals surface area contributed by atoms with Crippen LogP contribution in [-0.2, 0) is 10.5 Å². The van der Waals surface area contributed by atoms with Gasteiger partial charge in [-0.25, -0.2) is 4.68 Å². The summed E-state index contributed by atoms with van der Waals surface area (Å²) in [7, 11) is 4.81. The molecule has 2 N–H and O–H groups in total. The van der Waals surface area contributed by atoms with Gasteiger partial charge in [-0.1, -0.05) is 36.0 Å². The van der Waals surface area contributed by atoms with Crippen molar-refractivity contribution in [3.63, 3.8) is 0 Å². The predicted molar refractivity (Wildman–Crippen MR) is 156 cm³/mol. The van der Waals surface area contributed by atoms with E-state index >= 15 is 0 Å². The summed E-state index contributed by atoms with van der Waals surface area (Å²) >= 11 is 1.54. The molecular formula is C30H31N5O4S. The third kappa shape index (κ3) is 5.48. The standard InChI is InChI=1S/C30H31N5O4S/c1-18-8-6-7-9-20(18)17-40-30-33-29-31-19(2)26(28(36)32-21-10-12-22(37-3)13-11-21)27(35(29)34-30)24-16-23(38-4)14-15-25(24)39-5/h6-16,27H,17H2,1-5H3,(H,32,36)(H,31,33,34). The van der Waals surface area contributed by atoms with Gasteiger partial charge < -0.3 is 24.8 Å². The van der Waals surface area contributed by atoms with Crippen molar-refractivity contribution in [2.75, 3.05) is 32.0 Å². The normalized spacial score (nSPS) is 14.3. The second kappa shape index (κ2) is 11.7. The fourth-order valence-corrected chi connectivity index (χ4v) is 5.52. The molecule has 40 heavy (non-hydrogen) atoms. The molecule has 206 valence electrons. The van der Waals surface area contributed by atoms with Crippen molar-refractivity contribution >= 4 is 29.3 Å². The number of carbonyl (C=O) groups is 1. The zero-order valence-electron chi connectivity index (χ0n) is 23.0. The summed E-state index contributed by atoms with van der Waals surface area (Å²) in [6.45, 7) is 3.95. The molecule has 0 saturated heterocycles. The lowest BCUT2D eigenvalue weighted by atomic mass is 9.94. The molecule has 4 aromatic rings. The van der Waals surface area contributed by atoms with Crippen LogP contribution in [0.3, 0.4) is 0 Å². The largest absolute Gasteiger partial charge is 0.497 e. The molecule has 1 aliphatic heterocycles. The average molecular weight is 558 g/mol. The first-order valence-corrected chi connectivity index (χ1v) is 13.7. The van der Waals surface area contributed by atoms with E-state index < -0.39 is 6.04 Å². The molecule has 3 aromatic carbocycles. The number of rotatable bonds is 9. The third-order valence-corrected chi connectivity index (χ3v) is 7.66. The van der Waals surface area contributed by atoms with Gasteiger partial charge in [-0.05, 0) is 67.4 Å². The highest BCUT2D eigenvalue weighted by Crippen LogP contribution is 2.41. The lowest BCUT2D eigenvalue weighted by Gasteiger charge is -2.29. The van der Waals surface area contributed by atoms with Crippen LogP contribution < -0.4 is 24.8 Å². The zero-order chi connectivity index (χ0) is 28.2. The van der Waals surface area contributed by atoms with E-state index in [2.05, 4.69) is 29.7 Å². The number of hydrogen-bond donors (Lipinski definition) is 2. The number of aromatic nitrogens is 3. The Hall–Kier alpha value is -4.44. The number of fused-ring (bicyclic) bond motifs is 1. The Morgan fingerprint density at radius 1 is 0.975 bits per heavy atom. The minimum absolute atomic E-state index is 0.277. The van der Waals surface area contributed by atoms with Crippen molar-refractivity contribution in [2.24, 2.45) is 0 Å². The number of aryl methyl sites for hydroxylation is 1. The number of allylic oxidation sites excluding steroid dienone is 1. The molecule has 1 aliphatic rings. The number of benzene rings is 3. The first-order chi connectivity index (χ1) is 19.4. The van der Waals surface area contributed by atoms with E-state index in [1.165, 1.54) is 11.1 Å².